The number of nitrogens with zero attached hydrogens (tertiary/aromatic N) is 1. The molecule has 3 rings (SSSR count). The Morgan fingerprint density at radius 1 is 0.892 bits per heavy atom. The van der Waals surface area contributed by atoms with Gasteiger partial charge in [-0.2, -0.15) is 0 Å². The number of hydrogen-bond donors (Lipinski definition) is 3. The molecule has 0 spiro atoms. The highest BCUT2D eigenvalue weighted by Crippen LogP contribution is 2.16. The molecule has 9 heteroatoms. The van der Waals surface area contributed by atoms with Crippen molar-refractivity contribution in [3.8, 4) is 0 Å². The number of sulfone groups is 1. The summed E-state index contributed by atoms with van der Waals surface area (Å²) in [4.78, 5) is 29.3. The van der Waals surface area contributed by atoms with Crippen molar-refractivity contribution in [2.75, 3.05) is 12.3 Å². The van der Waals surface area contributed by atoms with E-state index in [0.29, 0.717) is 30.4 Å². The number of amidine groups is 1. The molecular formula is C28H32N4O4S. The first kappa shape index (κ1) is 27.7. The average molecular weight is 521 g/mol. The Morgan fingerprint density at radius 3 is 2.19 bits per heavy atom. The number of aryl methyl sites for hydroxylation is 2. The van der Waals surface area contributed by atoms with Gasteiger partial charge in [0.15, 0.2) is 15.6 Å². The van der Waals surface area contributed by atoms with Crippen LogP contribution in [-0.4, -0.2) is 43.2 Å². The third-order valence-corrected chi connectivity index (χ3v) is 7.69. The maximum atomic E-state index is 13.0. The third kappa shape index (κ3) is 9.61. The van der Waals surface area contributed by atoms with Crippen LogP contribution in [0, 0.1) is 11.3 Å². The van der Waals surface area contributed by atoms with E-state index in [2.05, 4.69) is 10.3 Å². The monoisotopic (exact) mass is 520 g/mol. The zero-order chi connectivity index (χ0) is 26.7. The number of rotatable bonds is 14. The Balaban J connectivity index is 1.57. The zero-order valence-corrected chi connectivity index (χ0v) is 21.4. The molecule has 1 aromatic heterocycles. The molecule has 0 radical (unpaired) electrons. The number of nitrogens with one attached hydrogen (secondary N) is 2. The van der Waals surface area contributed by atoms with Gasteiger partial charge >= 0.3 is 0 Å². The summed E-state index contributed by atoms with van der Waals surface area (Å²) in [6.07, 6.45) is 4.69. The highest BCUT2D eigenvalue weighted by atomic mass is 32.2. The number of aromatic nitrogens is 1. The number of carbonyl (C=O) groups excluding carboxylic acids is 2. The molecule has 0 bridgehead atoms. The Hall–Kier alpha value is -3.85. The molecule has 1 atom stereocenters. The molecule has 0 aliphatic rings. The fourth-order valence-corrected chi connectivity index (χ4v) is 5.68. The van der Waals surface area contributed by atoms with Gasteiger partial charge in [0.1, 0.15) is 5.84 Å². The number of carbonyl (C=O) groups is 2. The maximum Gasteiger partial charge on any atom is 0.224 e. The van der Waals surface area contributed by atoms with Crippen molar-refractivity contribution in [3.63, 3.8) is 0 Å². The van der Waals surface area contributed by atoms with Gasteiger partial charge in [-0.15, -0.1) is 0 Å². The highest BCUT2D eigenvalue weighted by molar-refractivity contribution is 7.90. The van der Waals surface area contributed by atoms with Gasteiger partial charge in [0, 0.05) is 24.4 Å². The lowest BCUT2D eigenvalue weighted by atomic mass is 10.00. The minimum atomic E-state index is -3.58. The van der Waals surface area contributed by atoms with E-state index in [-0.39, 0.29) is 36.1 Å². The molecule has 194 valence electrons. The minimum Gasteiger partial charge on any atom is -0.384 e. The third-order valence-electron chi connectivity index (χ3n) is 6.00. The van der Waals surface area contributed by atoms with Crippen LogP contribution >= 0.6 is 0 Å². The molecule has 1 amide bonds. The fraction of sp³-hybridized carbons (Fsp3) is 0.286. The molecule has 0 saturated heterocycles. The van der Waals surface area contributed by atoms with Crippen LogP contribution in [0.3, 0.4) is 0 Å². The number of amides is 1. The van der Waals surface area contributed by atoms with Crippen molar-refractivity contribution in [2.45, 2.75) is 31.4 Å². The average Bonchev–Trinajstić information content (AvgIpc) is 2.89. The molecule has 2 aromatic carbocycles. The summed E-state index contributed by atoms with van der Waals surface area (Å²) >= 11 is 0. The van der Waals surface area contributed by atoms with Gasteiger partial charge in [-0.3, -0.25) is 20.0 Å². The van der Waals surface area contributed by atoms with Gasteiger partial charge < -0.3 is 11.1 Å². The molecule has 0 aliphatic carbocycles. The quantitative estimate of drug-likeness (QED) is 0.220. The van der Waals surface area contributed by atoms with Crippen molar-refractivity contribution >= 4 is 27.4 Å². The lowest BCUT2D eigenvalue weighted by Gasteiger charge is -2.17. The number of pyridine rings is 1. The van der Waals surface area contributed by atoms with Crippen molar-refractivity contribution in [1.82, 2.24) is 10.3 Å². The van der Waals surface area contributed by atoms with E-state index in [1.807, 2.05) is 42.5 Å². The molecule has 0 aliphatic heterocycles. The zero-order valence-electron chi connectivity index (χ0n) is 20.6. The second kappa shape index (κ2) is 13.5. The number of Topliss-reactive ketones (excluding diaryl/α,β-unsaturated/α-hetero) is 1. The molecular weight excluding hydrogens is 488 g/mol. The number of nitrogen functional groups attached to an aromatic ring is 1. The normalized spacial score (nSPS) is 12.0. The van der Waals surface area contributed by atoms with Crippen LogP contribution in [0.1, 0.15) is 35.1 Å². The standard InChI is InChI=1S/C28H32N4O4S/c29-27(30)24-10-6-22(7-11-24)9-13-26(33)18-32-28(34)25(12-8-21-4-2-1-3-5-21)20-37(35,36)19-23-14-16-31-17-15-23/h1-7,10-11,14-17,25H,8-9,12-13,18-20H2,(H3,29,30)(H,32,34)/t25-/m0/s1. The number of benzene rings is 2. The largest absolute Gasteiger partial charge is 0.384 e. The molecule has 0 saturated carbocycles. The molecule has 8 nitrogen and oxygen atoms in total. The van der Waals surface area contributed by atoms with Crippen LogP contribution in [0.15, 0.2) is 79.1 Å². The van der Waals surface area contributed by atoms with E-state index in [9.17, 15) is 18.0 Å². The first-order valence-electron chi connectivity index (χ1n) is 12.1. The van der Waals surface area contributed by atoms with Gasteiger partial charge in [0.05, 0.1) is 24.0 Å². The van der Waals surface area contributed by atoms with Crippen molar-refractivity contribution in [1.29, 1.82) is 5.41 Å². The number of hydrogen-bond acceptors (Lipinski definition) is 6. The van der Waals surface area contributed by atoms with Crippen LogP contribution in [0.5, 0.6) is 0 Å². The fourth-order valence-electron chi connectivity index (χ4n) is 3.93. The summed E-state index contributed by atoms with van der Waals surface area (Å²) in [5.74, 6) is -1.86. The molecule has 4 N–H and O–H groups in total. The van der Waals surface area contributed by atoms with E-state index < -0.39 is 21.7 Å². The summed E-state index contributed by atoms with van der Waals surface area (Å²) in [7, 11) is -3.58. The minimum absolute atomic E-state index is 0.0186. The van der Waals surface area contributed by atoms with E-state index in [4.69, 9.17) is 11.1 Å². The van der Waals surface area contributed by atoms with E-state index in [1.165, 1.54) is 12.4 Å². The topological polar surface area (TPSA) is 143 Å². The summed E-state index contributed by atoms with van der Waals surface area (Å²) in [5.41, 5.74) is 8.62. The van der Waals surface area contributed by atoms with Crippen LogP contribution in [0.2, 0.25) is 0 Å². The molecule has 1 heterocycles. The summed E-state index contributed by atoms with van der Waals surface area (Å²) in [6, 6.07) is 19.9. The molecule has 0 unspecified atom stereocenters. The van der Waals surface area contributed by atoms with Crippen molar-refractivity contribution in [3.05, 3.63) is 101 Å². The molecule has 3 aromatic rings. The first-order chi connectivity index (χ1) is 17.7. The second-order valence-corrected chi connectivity index (χ2v) is 11.1. The number of nitrogens with two attached hydrogens (primary N) is 1. The Morgan fingerprint density at radius 2 is 1.54 bits per heavy atom. The van der Waals surface area contributed by atoms with Crippen LogP contribution in [0.4, 0.5) is 0 Å². The molecule has 0 fully saturated rings. The Labute approximate surface area is 217 Å². The Bertz CT molecular complexity index is 1300. The lowest BCUT2D eigenvalue weighted by molar-refractivity contribution is -0.127. The highest BCUT2D eigenvalue weighted by Gasteiger charge is 2.26. The molecule has 37 heavy (non-hydrogen) atoms. The van der Waals surface area contributed by atoms with Crippen LogP contribution < -0.4 is 11.1 Å². The van der Waals surface area contributed by atoms with Gasteiger partial charge in [-0.05, 0) is 48.1 Å². The summed E-state index contributed by atoms with van der Waals surface area (Å²) in [6.45, 7) is -0.156. The predicted octanol–water partition coefficient (Wildman–Crippen LogP) is 2.85. The summed E-state index contributed by atoms with van der Waals surface area (Å²) in [5, 5.41) is 10.1. The van der Waals surface area contributed by atoms with Crippen LogP contribution in [-0.2, 0) is 38.0 Å². The van der Waals surface area contributed by atoms with Gasteiger partial charge in [0.25, 0.3) is 0 Å². The van der Waals surface area contributed by atoms with E-state index in [1.54, 1.807) is 24.3 Å². The van der Waals surface area contributed by atoms with Gasteiger partial charge in [0.2, 0.25) is 5.91 Å². The van der Waals surface area contributed by atoms with E-state index in [0.717, 1.165) is 11.1 Å². The smallest absolute Gasteiger partial charge is 0.224 e. The predicted molar refractivity (Wildman–Crippen MR) is 144 cm³/mol. The summed E-state index contributed by atoms with van der Waals surface area (Å²) < 4.78 is 25.8. The van der Waals surface area contributed by atoms with E-state index >= 15 is 0 Å². The SMILES string of the molecule is N=C(N)c1ccc(CCC(=O)CNC(=O)[C@@H](CCc2ccccc2)CS(=O)(=O)Cc2ccncc2)cc1. The van der Waals surface area contributed by atoms with Crippen molar-refractivity contribution < 1.29 is 18.0 Å². The van der Waals surface area contributed by atoms with Gasteiger partial charge in [-0.25, -0.2) is 8.42 Å². The van der Waals surface area contributed by atoms with Crippen molar-refractivity contribution in [2.24, 2.45) is 11.7 Å². The Kier molecular flexibility index (Phi) is 10.1. The first-order valence-corrected chi connectivity index (χ1v) is 13.9. The second-order valence-electron chi connectivity index (χ2n) is 9.00. The van der Waals surface area contributed by atoms with Crippen LogP contribution in [0.25, 0.3) is 0 Å². The lowest BCUT2D eigenvalue weighted by Crippen LogP contribution is -2.38. The number of ketones is 1. The maximum absolute atomic E-state index is 13.0. The van der Waals surface area contributed by atoms with Gasteiger partial charge in [-0.1, -0.05) is 54.6 Å².